The molecule has 21 heavy (non-hydrogen) atoms. The van der Waals surface area contributed by atoms with Gasteiger partial charge in [0.1, 0.15) is 5.75 Å². The molecule has 0 bridgehead atoms. The highest BCUT2D eigenvalue weighted by molar-refractivity contribution is 6.37. The van der Waals surface area contributed by atoms with Gasteiger partial charge in [0.05, 0.1) is 29.5 Å². The number of aromatic hydroxyl groups is 1. The third kappa shape index (κ3) is 4.31. The van der Waals surface area contributed by atoms with Crippen LogP contribution in [0.25, 0.3) is 0 Å². The maximum Gasteiger partial charge on any atom is 0.374 e. The molecule has 112 valence electrons. The second kappa shape index (κ2) is 7.24. The Hall–Kier alpha value is -1.85. The SMILES string of the molecule is O=C(OCCCOc1c(Cl)cc(O)cc1Cl)c1ccco1. The summed E-state index contributed by atoms with van der Waals surface area (Å²) in [6, 6.07) is 5.79. The molecule has 0 atom stereocenters. The second-order valence-corrected chi connectivity index (χ2v) is 4.87. The Morgan fingerprint density at radius 2 is 1.95 bits per heavy atom. The van der Waals surface area contributed by atoms with Crippen LogP contribution in [0.1, 0.15) is 17.0 Å². The molecule has 0 aliphatic carbocycles. The Balaban J connectivity index is 1.74. The van der Waals surface area contributed by atoms with Crippen molar-refractivity contribution < 1.29 is 23.8 Å². The number of phenols is 1. The van der Waals surface area contributed by atoms with Crippen molar-refractivity contribution >= 4 is 29.2 Å². The molecule has 0 unspecified atom stereocenters. The van der Waals surface area contributed by atoms with Gasteiger partial charge in [-0.1, -0.05) is 23.2 Å². The number of carbonyl (C=O) groups excluding carboxylic acids is 1. The summed E-state index contributed by atoms with van der Waals surface area (Å²) in [5, 5.41) is 9.72. The standard InChI is InChI=1S/C14H12Cl2O5/c15-10-7-9(17)8-11(16)13(10)20-5-2-6-21-14(18)12-3-1-4-19-12/h1,3-4,7-8,17H,2,5-6H2. The maximum absolute atomic E-state index is 11.5. The molecule has 0 aliphatic heterocycles. The predicted octanol–water partition coefficient (Wildman–Crippen LogP) is 3.92. The molecular formula is C14H12Cl2O5. The smallest absolute Gasteiger partial charge is 0.374 e. The van der Waals surface area contributed by atoms with Gasteiger partial charge in [0, 0.05) is 18.6 Å². The Bertz CT molecular complexity index is 587. The van der Waals surface area contributed by atoms with Gasteiger partial charge >= 0.3 is 5.97 Å². The van der Waals surface area contributed by atoms with E-state index in [9.17, 15) is 9.90 Å². The van der Waals surface area contributed by atoms with Crippen molar-refractivity contribution in [2.45, 2.75) is 6.42 Å². The van der Waals surface area contributed by atoms with E-state index in [0.717, 1.165) is 0 Å². The number of esters is 1. The predicted molar refractivity (Wildman–Crippen MR) is 77.2 cm³/mol. The average molecular weight is 331 g/mol. The molecule has 0 radical (unpaired) electrons. The van der Waals surface area contributed by atoms with Crippen LogP contribution in [0.3, 0.4) is 0 Å². The first-order chi connectivity index (χ1) is 10.1. The van der Waals surface area contributed by atoms with Gasteiger partial charge in [0.2, 0.25) is 5.76 Å². The quantitative estimate of drug-likeness (QED) is 0.642. The van der Waals surface area contributed by atoms with Gasteiger partial charge < -0.3 is 19.0 Å². The number of furan rings is 1. The van der Waals surface area contributed by atoms with Gasteiger partial charge in [0.15, 0.2) is 5.75 Å². The number of carbonyl (C=O) groups is 1. The number of benzene rings is 1. The molecule has 0 aliphatic rings. The van der Waals surface area contributed by atoms with Crippen LogP contribution < -0.4 is 4.74 Å². The number of rotatable bonds is 6. The summed E-state index contributed by atoms with van der Waals surface area (Å²) in [4.78, 5) is 11.5. The summed E-state index contributed by atoms with van der Waals surface area (Å²) < 4.78 is 15.3. The molecule has 7 heteroatoms. The largest absolute Gasteiger partial charge is 0.508 e. The van der Waals surface area contributed by atoms with Crippen LogP contribution in [0.4, 0.5) is 0 Å². The van der Waals surface area contributed by atoms with Crippen molar-refractivity contribution in [2.24, 2.45) is 0 Å². The van der Waals surface area contributed by atoms with Crippen LogP contribution in [-0.4, -0.2) is 24.3 Å². The third-order valence-electron chi connectivity index (χ3n) is 2.47. The van der Waals surface area contributed by atoms with Crippen molar-refractivity contribution in [1.82, 2.24) is 0 Å². The Labute approximate surface area is 131 Å². The molecule has 1 aromatic carbocycles. The average Bonchev–Trinajstić information content (AvgIpc) is 2.94. The van der Waals surface area contributed by atoms with Gasteiger partial charge in [-0.25, -0.2) is 4.79 Å². The number of ether oxygens (including phenoxy) is 2. The van der Waals surface area contributed by atoms with E-state index in [1.807, 2.05) is 0 Å². The van der Waals surface area contributed by atoms with E-state index in [0.29, 0.717) is 6.42 Å². The van der Waals surface area contributed by atoms with Gasteiger partial charge in [0.25, 0.3) is 0 Å². The van der Waals surface area contributed by atoms with Gasteiger partial charge in [-0.15, -0.1) is 0 Å². The first-order valence-corrected chi connectivity index (χ1v) is 6.85. The first-order valence-electron chi connectivity index (χ1n) is 6.09. The Morgan fingerprint density at radius 1 is 1.24 bits per heavy atom. The zero-order chi connectivity index (χ0) is 15.2. The van der Waals surface area contributed by atoms with Gasteiger partial charge in [-0.05, 0) is 12.1 Å². The van der Waals surface area contributed by atoms with E-state index in [1.165, 1.54) is 24.5 Å². The van der Waals surface area contributed by atoms with Crippen molar-refractivity contribution in [3.05, 3.63) is 46.3 Å². The highest BCUT2D eigenvalue weighted by Crippen LogP contribution is 2.36. The van der Waals surface area contributed by atoms with E-state index in [4.69, 9.17) is 37.1 Å². The van der Waals surface area contributed by atoms with E-state index in [2.05, 4.69) is 0 Å². The zero-order valence-corrected chi connectivity index (χ0v) is 12.4. The topological polar surface area (TPSA) is 68.9 Å². The summed E-state index contributed by atoms with van der Waals surface area (Å²) in [6.07, 6.45) is 1.86. The molecule has 1 aromatic heterocycles. The third-order valence-corrected chi connectivity index (χ3v) is 3.04. The number of phenolic OH excluding ortho intramolecular Hbond substituents is 1. The molecule has 5 nitrogen and oxygen atoms in total. The van der Waals surface area contributed by atoms with Crippen LogP contribution in [0.2, 0.25) is 10.0 Å². The fourth-order valence-corrected chi connectivity index (χ4v) is 2.13. The normalized spacial score (nSPS) is 10.4. The summed E-state index contributed by atoms with van der Waals surface area (Å²) in [7, 11) is 0. The lowest BCUT2D eigenvalue weighted by Gasteiger charge is -2.10. The lowest BCUT2D eigenvalue weighted by molar-refractivity contribution is 0.0450. The molecular weight excluding hydrogens is 319 g/mol. The molecule has 0 saturated carbocycles. The van der Waals surface area contributed by atoms with Crippen LogP contribution in [0.15, 0.2) is 34.9 Å². The van der Waals surface area contributed by atoms with Gasteiger partial charge in [-0.2, -0.15) is 0 Å². The minimum absolute atomic E-state index is 0.0373. The number of hydrogen-bond acceptors (Lipinski definition) is 5. The first kappa shape index (κ1) is 15.5. The fourth-order valence-electron chi connectivity index (χ4n) is 1.55. The molecule has 2 aromatic rings. The minimum Gasteiger partial charge on any atom is -0.508 e. The molecule has 1 heterocycles. The Morgan fingerprint density at radius 3 is 2.57 bits per heavy atom. The Kier molecular flexibility index (Phi) is 5.36. The van der Waals surface area contributed by atoms with Crippen molar-refractivity contribution in [1.29, 1.82) is 0 Å². The highest BCUT2D eigenvalue weighted by Gasteiger charge is 2.11. The number of halogens is 2. The van der Waals surface area contributed by atoms with Crippen molar-refractivity contribution in [2.75, 3.05) is 13.2 Å². The molecule has 0 spiro atoms. The lowest BCUT2D eigenvalue weighted by Crippen LogP contribution is -2.08. The fraction of sp³-hybridized carbons (Fsp3) is 0.214. The van der Waals surface area contributed by atoms with Crippen molar-refractivity contribution in [3.8, 4) is 11.5 Å². The summed E-state index contributed by atoms with van der Waals surface area (Å²) >= 11 is 11.8. The van der Waals surface area contributed by atoms with Crippen molar-refractivity contribution in [3.63, 3.8) is 0 Å². The van der Waals surface area contributed by atoms with Crippen LogP contribution in [0, 0.1) is 0 Å². The second-order valence-electron chi connectivity index (χ2n) is 4.05. The minimum atomic E-state index is -0.527. The lowest BCUT2D eigenvalue weighted by atomic mass is 10.3. The molecule has 1 N–H and O–H groups in total. The van der Waals surface area contributed by atoms with Crippen LogP contribution in [-0.2, 0) is 4.74 Å². The molecule has 0 amide bonds. The monoisotopic (exact) mass is 330 g/mol. The zero-order valence-electron chi connectivity index (χ0n) is 10.8. The van der Waals surface area contributed by atoms with E-state index < -0.39 is 5.97 Å². The van der Waals surface area contributed by atoms with Crippen LogP contribution in [0.5, 0.6) is 11.5 Å². The molecule has 0 fully saturated rings. The highest BCUT2D eigenvalue weighted by atomic mass is 35.5. The summed E-state index contributed by atoms with van der Waals surface area (Å²) in [5.74, 6) is -0.125. The molecule has 2 rings (SSSR count). The maximum atomic E-state index is 11.5. The van der Waals surface area contributed by atoms with Crippen LogP contribution >= 0.6 is 23.2 Å². The summed E-state index contributed by atoms with van der Waals surface area (Å²) in [5.41, 5.74) is 0. The van der Waals surface area contributed by atoms with E-state index in [1.54, 1.807) is 6.07 Å². The molecule has 0 saturated heterocycles. The van der Waals surface area contributed by atoms with Gasteiger partial charge in [-0.3, -0.25) is 0 Å². The summed E-state index contributed by atoms with van der Waals surface area (Å²) in [6.45, 7) is 0.433. The number of hydrogen-bond donors (Lipinski definition) is 1. The van der Waals surface area contributed by atoms with E-state index >= 15 is 0 Å². The van der Waals surface area contributed by atoms with E-state index in [-0.39, 0.29) is 40.5 Å².